The van der Waals surface area contributed by atoms with Gasteiger partial charge in [0.1, 0.15) is 5.78 Å². The second-order valence-electron chi connectivity index (χ2n) is 4.84. The zero-order valence-corrected chi connectivity index (χ0v) is 11.6. The van der Waals surface area contributed by atoms with Gasteiger partial charge in [0.05, 0.1) is 5.75 Å². The van der Waals surface area contributed by atoms with Gasteiger partial charge < -0.3 is 0 Å². The highest BCUT2D eigenvalue weighted by Gasteiger charge is 2.32. The second kappa shape index (κ2) is 6.50. The van der Waals surface area contributed by atoms with Crippen molar-refractivity contribution in [2.75, 3.05) is 12.3 Å². The number of hydrogen-bond acceptors (Lipinski definition) is 3. The van der Waals surface area contributed by atoms with Crippen molar-refractivity contribution in [2.24, 2.45) is 0 Å². The first-order chi connectivity index (χ1) is 7.97. The Morgan fingerprint density at radius 1 is 1.35 bits per heavy atom. The van der Waals surface area contributed by atoms with Crippen molar-refractivity contribution in [3.05, 3.63) is 0 Å². The Bertz CT molecular complexity index is 351. The van der Waals surface area contributed by atoms with E-state index in [1.54, 1.807) is 4.31 Å². The van der Waals surface area contributed by atoms with Crippen LogP contribution in [0, 0.1) is 0 Å². The fraction of sp³-hybridized carbons (Fsp3) is 0.917. The fourth-order valence-electron chi connectivity index (χ4n) is 2.32. The van der Waals surface area contributed by atoms with Gasteiger partial charge in [-0.15, -0.1) is 0 Å². The summed E-state index contributed by atoms with van der Waals surface area (Å²) >= 11 is 0. The third-order valence-corrected chi connectivity index (χ3v) is 5.21. The topological polar surface area (TPSA) is 54.5 Å². The summed E-state index contributed by atoms with van der Waals surface area (Å²) in [6, 6.07) is -0.0943. The highest BCUT2D eigenvalue weighted by molar-refractivity contribution is 7.89. The Kier molecular flexibility index (Phi) is 5.59. The number of ketones is 1. The molecule has 1 aliphatic rings. The number of hydrogen-bond donors (Lipinski definition) is 0. The molecule has 1 atom stereocenters. The first-order valence-corrected chi connectivity index (χ1v) is 8.07. The summed E-state index contributed by atoms with van der Waals surface area (Å²) in [6.45, 7) is 4.11. The SMILES string of the molecule is CCCCS(=O)(=O)N1CCCCC1CC(C)=O. The minimum absolute atomic E-state index is 0.0765. The predicted octanol–water partition coefficient (Wildman–Crippen LogP) is 1.95. The molecule has 0 aliphatic carbocycles. The number of carbonyl (C=O) groups is 1. The smallest absolute Gasteiger partial charge is 0.214 e. The van der Waals surface area contributed by atoms with Gasteiger partial charge in [-0.05, 0) is 26.2 Å². The number of unbranched alkanes of at least 4 members (excludes halogenated alkanes) is 1. The average molecular weight is 261 g/mol. The molecule has 0 N–H and O–H groups in total. The van der Waals surface area contributed by atoms with Gasteiger partial charge in [-0.2, -0.15) is 4.31 Å². The van der Waals surface area contributed by atoms with E-state index in [4.69, 9.17) is 0 Å². The molecule has 17 heavy (non-hydrogen) atoms. The van der Waals surface area contributed by atoms with Crippen LogP contribution in [0.25, 0.3) is 0 Å². The normalized spacial score (nSPS) is 22.6. The Labute approximate surface area is 104 Å². The summed E-state index contributed by atoms with van der Waals surface area (Å²) in [5.41, 5.74) is 0. The zero-order chi connectivity index (χ0) is 12.9. The molecule has 1 heterocycles. The lowest BCUT2D eigenvalue weighted by Crippen LogP contribution is -2.45. The molecule has 0 amide bonds. The van der Waals surface area contributed by atoms with Crippen LogP contribution in [0.5, 0.6) is 0 Å². The molecule has 1 fully saturated rings. The largest absolute Gasteiger partial charge is 0.300 e. The summed E-state index contributed by atoms with van der Waals surface area (Å²) in [7, 11) is -3.16. The summed E-state index contributed by atoms with van der Waals surface area (Å²) in [5.74, 6) is 0.297. The molecule has 0 radical (unpaired) electrons. The van der Waals surface area contributed by atoms with Crippen LogP contribution in [0.4, 0.5) is 0 Å². The van der Waals surface area contributed by atoms with E-state index in [9.17, 15) is 13.2 Å². The molecule has 100 valence electrons. The molecular formula is C12H23NO3S. The molecule has 0 spiro atoms. The molecule has 1 saturated heterocycles. The summed E-state index contributed by atoms with van der Waals surface area (Å²) in [6.07, 6.45) is 4.71. The lowest BCUT2D eigenvalue weighted by molar-refractivity contribution is -0.118. The van der Waals surface area contributed by atoms with Gasteiger partial charge in [0, 0.05) is 19.0 Å². The van der Waals surface area contributed by atoms with Crippen molar-refractivity contribution in [3.8, 4) is 0 Å². The van der Waals surface area contributed by atoms with Crippen molar-refractivity contribution >= 4 is 15.8 Å². The molecule has 1 unspecified atom stereocenters. The Morgan fingerprint density at radius 2 is 2.06 bits per heavy atom. The zero-order valence-electron chi connectivity index (χ0n) is 10.8. The third-order valence-electron chi connectivity index (χ3n) is 3.21. The van der Waals surface area contributed by atoms with E-state index in [1.165, 1.54) is 6.92 Å². The van der Waals surface area contributed by atoms with Gasteiger partial charge in [-0.25, -0.2) is 8.42 Å². The van der Waals surface area contributed by atoms with Crippen LogP contribution in [0.3, 0.4) is 0 Å². The maximum atomic E-state index is 12.2. The Morgan fingerprint density at radius 3 is 2.65 bits per heavy atom. The van der Waals surface area contributed by atoms with Crippen molar-refractivity contribution in [3.63, 3.8) is 0 Å². The van der Waals surface area contributed by atoms with Crippen molar-refractivity contribution in [1.82, 2.24) is 4.31 Å². The monoisotopic (exact) mass is 261 g/mol. The van der Waals surface area contributed by atoms with Crippen molar-refractivity contribution in [2.45, 2.75) is 58.4 Å². The second-order valence-corrected chi connectivity index (χ2v) is 6.88. The van der Waals surface area contributed by atoms with Gasteiger partial charge >= 0.3 is 0 Å². The van der Waals surface area contributed by atoms with E-state index in [1.807, 2.05) is 6.92 Å². The predicted molar refractivity (Wildman–Crippen MR) is 68.3 cm³/mol. The summed E-state index contributed by atoms with van der Waals surface area (Å²) < 4.78 is 25.9. The maximum Gasteiger partial charge on any atom is 0.214 e. The Balaban J connectivity index is 2.72. The summed E-state index contributed by atoms with van der Waals surface area (Å²) in [5, 5.41) is 0. The number of sulfonamides is 1. The number of Topliss-reactive ketones (excluding diaryl/α,β-unsaturated/α-hetero) is 1. The van der Waals surface area contributed by atoms with Crippen LogP contribution >= 0.6 is 0 Å². The van der Waals surface area contributed by atoms with Crippen LogP contribution in [-0.4, -0.2) is 36.8 Å². The van der Waals surface area contributed by atoms with Gasteiger partial charge in [-0.3, -0.25) is 4.79 Å². The van der Waals surface area contributed by atoms with E-state index >= 15 is 0 Å². The highest BCUT2D eigenvalue weighted by atomic mass is 32.2. The van der Waals surface area contributed by atoms with Gasteiger partial charge in [0.25, 0.3) is 0 Å². The molecule has 0 aromatic rings. The lowest BCUT2D eigenvalue weighted by atomic mass is 10.0. The van der Waals surface area contributed by atoms with Gasteiger partial charge in [0.2, 0.25) is 10.0 Å². The van der Waals surface area contributed by atoms with Crippen LogP contribution < -0.4 is 0 Å². The molecule has 4 nitrogen and oxygen atoms in total. The van der Waals surface area contributed by atoms with Crippen molar-refractivity contribution < 1.29 is 13.2 Å². The number of nitrogens with zero attached hydrogens (tertiary/aromatic N) is 1. The molecule has 5 heteroatoms. The lowest BCUT2D eigenvalue weighted by Gasteiger charge is -2.34. The fourth-order valence-corrected chi connectivity index (χ4v) is 4.25. The first kappa shape index (κ1) is 14.6. The molecule has 1 aliphatic heterocycles. The van der Waals surface area contributed by atoms with Crippen LogP contribution in [0.2, 0.25) is 0 Å². The third kappa shape index (κ3) is 4.39. The molecule has 0 saturated carbocycles. The highest BCUT2D eigenvalue weighted by Crippen LogP contribution is 2.23. The number of rotatable bonds is 6. The van der Waals surface area contributed by atoms with Gasteiger partial charge in [-0.1, -0.05) is 19.8 Å². The van der Waals surface area contributed by atoms with Gasteiger partial charge in [0.15, 0.2) is 0 Å². The first-order valence-electron chi connectivity index (χ1n) is 6.46. The minimum Gasteiger partial charge on any atom is -0.300 e. The van der Waals surface area contributed by atoms with Crippen LogP contribution in [-0.2, 0) is 14.8 Å². The molecule has 0 aromatic carbocycles. The van der Waals surface area contributed by atoms with E-state index in [-0.39, 0.29) is 17.6 Å². The minimum atomic E-state index is -3.16. The van der Waals surface area contributed by atoms with Crippen LogP contribution in [0.15, 0.2) is 0 Å². The molecule has 0 aromatic heterocycles. The molecule has 1 rings (SSSR count). The Hall–Kier alpha value is -0.420. The van der Waals surface area contributed by atoms with E-state index < -0.39 is 10.0 Å². The van der Waals surface area contributed by atoms with Crippen molar-refractivity contribution in [1.29, 1.82) is 0 Å². The van der Waals surface area contributed by atoms with E-state index in [0.29, 0.717) is 19.4 Å². The maximum absolute atomic E-state index is 12.2. The van der Waals surface area contributed by atoms with Crippen LogP contribution in [0.1, 0.15) is 52.4 Å². The summed E-state index contributed by atoms with van der Waals surface area (Å²) in [4.78, 5) is 11.2. The average Bonchev–Trinajstić information content (AvgIpc) is 2.26. The number of piperidine rings is 1. The number of carbonyl (C=O) groups excluding carboxylic acids is 1. The quantitative estimate of drug-likeness (QED) is 0.734. The molecule has 0 bridgehead atoms. The van der Waals surface area contributed by atoms with E-state index in [2.05, 4.69) is 0 Å². The van der Waals surface area contributed by atoms with E-state index in [0.717, 1.165) is 25.7 Å². The standard InChI is InChI=1S/C12H23NO3S/c1-3-4-9-17(15,16)13-8-6-5-7-12(13)10-11(2)14/h12H,3-10H2,1-2H3. The molecular weight excluding hydrogens is 238 g/mol.